The van der Waals surface area contributed by atoms with E-state index in [0.29, 0.717) is 33.5 Å². The summed E-state index contributed by atoms with van der Waals surface area (Å²) in [6.45, 7) is 0. The average Bonchev–Trinajstić information content (AvgIpc) is 3.34. The Morgan fingerprint density at radius 2 is 2.00 bits per heavy atom. The van der Waals surface area contributed by atoms with Crippen LogP contribution in [0.5, 0.6) is 0 Å². The number of carbonyl (C=O) groups is 2. The van der Waals surface area contributed by atoms with Crippen molar-refractivity contribution in [1.82, 2.24) is 4.90 Å². The van der Waals surface area contributed by atoms with E-state index in [0.717, 1.165) is 5.39 Å². The van der Waals surface area contributed by atoms with E-state index in [2.05, 4.69) is 5.32 Å². The van der Waals surface area contributed by atoms with Crippen LogP contribution in [0.25, 0.3) is 11.0 Å². The maximum absolute atomic E-state index is 12.9. The molecule has 0 aliphatic carbocycles. The van der Waals surface area contributed by atoms with Gasteiger partial charge in [-0.05, 0) is 48.5 Å². The molecule has 0 saturated carbocycles. The van der Waals surface area contributed by atoms with E-state index < -0.39 is 6.04 Å². The van der Waals surface area contributed by atoms with Crippen LogP contribution in [0.2, 0.25) is 5.02 Å². The first-order chi connectivity index (χ1) is 13.5. The zero-order valence-electron chi connectivity index (χ0n) is 14.5. The van der Waals surface area contributed by atoms with Gasteiger partial charge in [-0.3, -0.25) is 9.59 Å². The number of nitriles is 1. The number of carbonyl (C=O) groups excluding carboxylic acids is 2. The van der Waals surface area contributed by atoms with Gasteiger partial charge in [0.05, 0.1) is 17.5 Å². The van der Waals surface area contributed by atoms with Gasteiger partial charge in [-0.1, -0.05) is 11.6 Å². The van der Waals surface area contributed by atoms with Crippen molar-refractivity contribution >= 4 is 51.8 Å². The van der Waals surface area contributed by atoms with Crippen molar-refractivity contribution in [3.05, 3.63) is 64.9 Å². The SMILES string of the molecule is N#Cc1ccc(NC(=O)C2CSCN2C(=O)c2cc3cc(Cl)ccc3o2)cc1. The van der Waals surface area contributed by atoms with Gasteiger partial charge < -0.3 is 14.6 Å². The molecular weight excluding hydrogens is 398 g/mol. The topological polar surface area (TPSA) is 86.3 Å². The molecule has 2 aromatic carbocycles. The molecule has 4 rings (SSSR count). The number of benzene rings is 2. The predicted molar refractivity (Wildman–Crippen MR) is 108 cm³/mol. The number of nitrogens with zero attached hydrogens (tertiary/aromatic N) is 2. The number of rotatable bonds is 3. The maximum Gasteiger partial charge on any atom is 0.291 e. The molecule has 2 heterocycles. The van der Waals surface area contributed by atoms with Gasteiger partial charge in [0.2, 0.25) is 5.91 Å². The van der Waals surface area contributed by atoms with Gasteiger partial charge in [-0.15, -0.1) is 11.8 Å². The Kier molecular flexibility index (Phi) is 4.99. The Morgan fingerprint density at radius 3 is 2.75 bits per heavy atom. The van der Waals surface area contributed by atoms with Crippen LogP contribution in [-0.4, -0.2) is 34.4 Å². The zero-order chi connectivity index (χ0) is 19.7. The second kappa shape index (κ2) is 7.58. The molecule has 1 aliphatic heterocycles. The Bertz CT molecular complexity index is 1100. The third kappa shape index (κ3) is 3.57. The molecule has 1 aliphatic rings. The van der Waals surface area contributed by atoms with Crippen molar-refractivity contribution in [2.24, 2.45) is 0 Å². The average molecular weight is 412 g/mol. The highest BCUT2D eigenvalue weighted by molar-refractivity contribution is 7.99. The summed E-state index contributed by atoms with van der Waals surface area (Å²) >= 11 is 7.49. The lowest BCUT2D eigenvalue weighted by molar-refractivity contribution is -0.119. The minimum absolute atomic E-state index is 0.177. The number of furan rings is 1. The van der Waals surface area contributed by atoms with Gasteiger partial charge in [-0.25, -0.2) is 0 Å². The smallest absolute Gasteiger partial charge is 0.291 e. The van der Waals surface area contributed by atoms with Crippen LogP contribution < -0.4 is 5.32 Å². The molecule has 0 spiro atoms. The molecule has 1 N–H and O–H groups in total. The Balaban J connectivity index is 1.52. The van der Waals surface area contributed by atoms with Crippen LogP contribution in [0.3, 0.4) is 0 Å². The van der Waals surface area contributed by atoms with E-state index >= 15 is 0 Å². The van der Waals surface area contributed by atoms with Crippen LogP contribution in [-0.2, 0) is 4.79 Å². The van der Waals surface area contributed by atoms with Crippen molar-refractivity contribution < 1.29 is 14.0 Å². The van der Waals surface area contributed by atoms with Crippen molar-refractivity contribution in [3.63, 3.8) is 0 Å². The van der Waals surface area contributed by atoms with Crippen LogP contribution >= 0.6 is 23.4 Å². The number of hydrogen-bond donors (Lipinski definition) is 1. The fourth-order valence-electron chi connectivity index (χ4n) is 2.97. The number of anilines is 1. The molecule has 2 amide bonds. The molecule has 1 aromatic heterocycles. The Morgan fingerprint density at radius 1 is 1.21 bits per heavy atom. The molecule has 1 unspecified atom stereocenters. The molecule has 1 atom stereocenters. The standard InChI is InChI=1S/C20H14ClN3O3S/c21-14-3-6-17-13(7-14)8-18(27-17)20(26)24-11-28-10-16(24)19(25)23-15-4-1-12(9-22)2-5-15/h1-8,16H,10-11H2,(H,23,25). The number of amides is 2. The minimum Gasteiger partial charge on any atom is -0.451 e. The third-order valence-corrected chi connectivity index (χ3v) is 5.66. The highest BCUT2D eigenvalue weighted by atomic mass is 35.5. The maximum atomic E-state index is 12.9. The van der Waals surface area contributed by atoms with Gasteiger partial charge in [0.25, 0.3) is 5.91 Å². The summed E-state index contributed by atoms with van der Waals surface area (Å²) in [5.41, 5.74) is 1.65. The molecule has 28 heavy (non-hydrogen) atoms. The summed E-state index contributed by atoms with van der Waals surface area (Å²) in [6, 6.07) is 14.8. The first-order valence-electron chi connectivity index (χ1n) is 8.44. The summed E-state index contributed by atoms with van der Waals surface area (Å²) in [7, 11) is 0. The van der Waals surface area contributed by atoms with Crippen LogP contribution in [0.15, 0.2) is 52.9 Å². The molecule has 3 aromatic rings. The van der Waals surface area contributed by atoms with Crippen LogP contribution in [0.4, 0.5) is 5.69 Å². The lowest BCUT2D eigenvalue weighted by Crippen LogP contribution is -2.44. The number of hydrogen-bond acceptors (Lipinski definition) is 5. The first-order valence-corrected chi connectivity index (χ1v) is 9.97. The van der Waals surface area contributed by atoms with Crippen molar-refractivity contribution in [1.29, 1.82) is 5.26 Å². The van der Waals surface area contributed by atoms with Crippen molar-refractivity contribution in [3.8, 4) is 6.07 Å². The third-order valence-electron chi connectivity index (χ3n) is 4.42. The van der Waals surface area contributed by atoms with Gasteiger partial charge in [0, 0.05) is 21.8 Å². The van der Waals surface area contributed by atoms with Crippen molar-refractivity contribution in [2.45, 2.75) is 6.04 Å². The Labute approximate surface area is 170 Å². The second-order valence-corrected chi connectivity index (χ2v) is 7.70. The lowest BCUT2D eigenvalue weighted by Gasteiger charge is -2.22. The number of thioether (sulfide) groups is 1. The number of halogens is 1. The van der Waals surface area contributed by atoms with Gasteiger partial charge >= 0.3 is 0 Å². The van der Waals surface area contributed by atoms with Crippen LogP contribution in [0.1, 0.15) is 16.1 Å². The van der Waals surface area contributed by atoms with Crippen molar-refractivity contribution in [2.75, 3.05) is 16.9 Å². The second-order valence-electron chi connectivity index (χ2n) is 6.26. The lowest BCUT2D eigenvalue weighted by atomic mass is 10.2. The summed E-state index contributed by atoms with van der Waals surface area (Å²) in [5.74, 6) is 0.470. The van der Waals surface area contributed by atoms with E-state index in [4.69, 9.17) is 21.3 Å². The molecule has 1 fully saturated rings. The van der Waals surface area contributed by atoms with E-state index in [-0.39, 0.29) is 17.6 Å². The molecule has 1 saturated heterocycles. The van der Waals surface area contributed by atoms with Gasteiger partial charge in [-0.2, -0.15) is 5.26 Å². The van der Waals surface area contributed by atoms with Crippen LogP contribution in [0, 0.1) is 11.3 Å². The minimum atomic E-state index is -0.607. The summed E-state index contributed by atoms with van der Waals surface area (Å²) in [6.07, 6.45) is 0. The number of nitrogens with one attached hydrogen (secondary N) is 1. The highest BCUT2D eigenvalue weighted by Gasteiger charge is 2.36. The fourth-order valence-corrected chi connectivity index (χ4v) is 4.31. The van der Waals surface area contributed by atoms with Gasteiger partial charge in [0.15, 0.2) is 5.76 Å². The molecule has 8 heteroatoms. The highest BCUT2D eigenvalue weighted by Crippen LogP contribution is 2.28. The zero-order valence-corrected chi connectivity index (χ0v) is 16.1. The molecule has 0 bridgehead atoms. The summed E-state index contributed by atoms with van der Waals surface area (Å²) in [4.78, 5) is 27.1. The summed E-state index contributed by atoms with van der Waals surface area (Å²) in [5, 5.41) is 13.0. The Hall–Kier alpha value is -2.95. The predicted octanol–water partition coefficient (Wildman–Crippen LogP) is 4.11. The normalized spacial score (nSPS) is 16.1. The van der Waals surface area contributed by atoms with Gasteiger partial charge in [0.1, 0.15) is 11.6 Å². The fraction of sp³-hybridized carbons (Fsp3) is 0.150. The first kappa shape index (κ1) is 18.4. The molecule has 0 radical (unpaired) electrons. The monoisotopic (exact) mass is 411 g/mol. The largest absolute Gasteiger partial charge is 0.451 e. The molecule has 140 valence electrons. The summed E-state index contributed by atoms with van der Waals surface area (Å²) < 4.78 is 5.65. The molecule has 6 nitrogen and oxygen atoms in total. The van der Waals surface area contributed by atoms with E-state index in [1.54, 1.807) is 48.5 Å². The van der Waals surface area contributed by atoms with E-state index in [9.17, 15) is 9.59 Å². The number of fused-ring (bicyclic) bond motifs is 1. The quantitative estimate of drug-likeness (QED) is 0.700. The molecular formula is C20H14ClN3O3S. The van der Waals surface area contributed by atoms with E-state index in [1.165, 1.54) is 16.7 Å². The van der Waals surface area contributed by atoms with E-state index in [1.807, 2.05) is 6.07 Å².